The molecular formula is C66H95ClN8O11. The minimum absolute atomic E-state index is 0.0379. The highest BCUT2D eigenvalue weighted by Gasteiger charge is 2.48. The Kier molecular flexibility index (Phi) is 24.9. The van der Waals surface area contributed by atoms with E-state index >= 15 is 24.0 Å². The summed E-state index contributed by atoms with van der Waals surface area (Å²) in [4.78, 5) is 142. The Hall–Kier alpha value is -6.86. The fourth-order valence-electron chi connectivity index (χ4n) is 11.9. The summed E-state index contributed by atoms with van der Waals surface area (Å²) < 4.78 is 6.13. The van der Waals surface area contributed by atoms with Crippen LogP contribution in [0.4, 0.5) is 0 Å². The first-order valence-electron chi connectivity index (χ1n) is 30.4. The van der Waals surface area contributed by atoms with Gasteiger partial charge in [0.25, 0.3) is 5.91 Å². The summed E-state index contributed by atoms with van der Waals surface area (Å²) in [5, 5.41) is 21.1. The van der Waals surface area contributed by atoms with E-state index < -0.39 is 137 Å². The van der Waals surface area contributed by atoms with Crippen LogP contribution < -0.4 is 16.0 Å². The second-order valence-corrected chi connectivity index (χ2v) is 25.8. The number of carbonyl (C=O) groups excluding carboxylic acids is 9. The van der Waals surface area contributed by atoms with Gasteiger partial charge in [-0.2, -0.15) is 0 Å². The van der Waals surface area contributed by atoms with Crippen molar-refractivity contribution in [2.45, 2.75) is 188 Å². The van der Waals surface area contributed by atoms with Crippen LogP contribution in [0.1, 0.15) is 126 Å². The number of nitrogens with zero attached hydrogens (tertiary/aromatic N) is 5. The summed E-state index contributed by atoms with van der Waals surface area (Å²) in [6.07, 6.45) is -0.139. The predicted octanol–water partition coefficient (Wildman–Crippen LogP) is 6.69. The van der Waals surface area contributed by atoms with Gasteiger partial charge in [-0.05, 0) is 86.0 Å². The number of hydrogen-bond donors (Lipinski definition) is 4. The normalized spacial score (nSPS) is 25.3. The van der Waals surface area contributed by atoms with Crippen molar-refractivity contribution in [3.05, 3.63) is 95.0 Å². The van der Waals surface area contributed by atoms with Crippen molar-refractivity contribution < 1.29 is 53.0 Å². The van der Waals surface area contributed by atoms with E-state index in [1.165, 1.54) is 61.6 Å². The Morgan fingerprint density at radius 1 is 0.605 bits per heavy atom. The number of fused-ring (bicyclic) bond motifs is 1. The molecule has 0 spiro atoms. The zero-order valence-electron chi connectivity index (χ0n) is 53.4. The fraction of sp³-hybridized carbons (Fsp3) is 0.591. The quantitative estimate of drug-likeness (QED) is 0.124. The molecule has 4 N–H and O–H groups in total. The highest BCUT2D eigenvalue weighted by molar-refractivity contribution is 6.33. The second kappa shape index (κ2) is 30.7. The van der Waals surface area contributed by atoms with Crippen LogP contribution in [-0.4, -0.2) is 178 Å². The SMILES string of the molecule is CC[C@H](C)[C@@H]1NC(=O)[C@@H]2CCCN2C(=O)[C@H](Cc2cccc(-c3ccccc3Cl)c2)N(C)C(=O)[C@H](Cc2ccccc2)NC(=O)[C@H](C(C)C)N(C)C(=O)[C@@H]([C@@H](C)CC)OC(=O)[C@H](C(C)(C)O)N(C)C(=O)[C@H](CC(C)C)NC(=O)[C@H](C(C)C)N(C)C1=O. The lowest BCUT2D eigenvalue weighted by atomic mass is 9.93. The van der Waals surface area contributed by atoms with E-state index in [1.807, 2.05) is 69.3 Å². The standard InChI is InChI=1S/C66H95ClN8O11/c1-17-41(9)52-63(82)72(14)53(39(5)6)58(77)68-48(34-38(3)4)61(80)74(16)56(66(11,12)85)65(84)86-55(42(10)18-2)64(83)73(15)54(40(7)8)59(78)69-49(36-43-26-20-19-21-27-43)60(79)71(13)51(62(81)75-33-25-32-50(75)57(76)70-52)37-44-28-24-29-45(35-44)46-30-22-23-31-47(46)67/h19-24,26-31,35,38-42,48-56,85H,17-18,25,32-34,36-37H2,1-16H3,(H,68,77)(H,69,78)(H,70,76)/t41-,42-,48-,49-,50-,51-,52-,53-,54-,55+,56+/m0/s1. The number of nitrogens with one attached hydrogen (secondary N) is 3. The summed E-state index contributed by atoms with van der Waals surface area (Å²) in [6.45, 7) is 20.6. The number of aliphatic hydroxyl groups is 1. The van der Waals surface area contributed by atoms with Crippen LogP contribution in [0.15, 0.2) is 78.9 Å². The molecule has 2 aliphatic heterocycles. The molecule has 5 rings (SSSR count). The number of hydrogen-bond acceptors (Lipinski definition) is 11. The molecule has 0 radical (unpaired) electrons. The molecule has 0 aliphatic carbocycles. The Balaban J connectivity index is 1.73. The van der Waals surface area contributed by atoms with Crippen molar-refractivity contribution >= 4 is 64.8 Å². The number of benzene rings is 3. The lowest BCUT2D eigenvalue weighted by molar-refractivity contribution is -0.177. The number of ether oxygens (including phenoxy) is 1. The maximum absolute atomic E-state index is 15.7. The van der Waals surface area contributed by atoms with Crippen LogP contribution in [0.25, 0.3) is 11.1 Å². The molecule has 0 bridgehead atoms. The minimum Gasteiger partial charge on any atom is -0.450 e. The maximum atomic E-state index is 15.7. The summed E-state index contributed by atoms with van der Waals surface area (Å²) in [5.41, 5.74) is 0.847. The van der Waals surface area contributed by atoms with Crippen LogP contribution >= 0.6 is 11.6 Å². The number of cyclic esters (lactones) is 1. The fourth-order valence-corrected chi connectivity index (χ4v) is 12.2. The molecule has 0 unspecified atom stereocenters. The Bertz CT molecular complexity index is 2880. The smallest absolute Gasteiger partial charge is 0.332 e. The monoisotopic (exact) mass is 1210 g/mol. The average molecular weight is 1210 g/mol. The largest absolute Gasteiger partial charge is 0.450 e. The molecule has 2 fully saturated rings. The lowest BCUT2D eigenvalue weighted by Crippen LogP contribution is -2.63. The van der Waals surface area contributed by atoms with E-state index in [2.05, 4.69) is 16.0 Å². The number of esters is 1. The highest BCUT2D eigenvalue weighted by Crippen LogP contribution is 2.31. The highest BCUT2D eigenvalue weighted by atomic mass is 35.5. The van der Waals surface area contributed by atoms with Gasteiger partial charge in [-0.15, -0.1) is 0 Å². The van der Waals surface area contributed by atoms with Crippen LogP contribution in [0.2, 0.25) is 5.02 Å². The van der Waals surface area contributed by atoms with Gasteiger partial charge in [0.1, 0.15) is 42.3 Å². The average Bonchev–Trinajstić information content (AvgIpc) is 2.59. The van der Waals surface area contributed by atoms with Crippen LogP contribution in [0.3, 0.4) is 0 Å². The summed E-state index contributed by atoms with van der Waals surface area (Å²) in [7, 11) is 5.66. The van der Waals surface area contributed by atoms with Gasteiger partial charge >= 0.3 is 5.97 Å². The van der Waals surface area contributed by atoms with Gasteiger partial charge in [0, 0.05) is 64.1 Å². The van der Waals surface area contributed by atoms with Gasteiger partial charge in [0.15, 0.2) is 12.1 Å². The van der Waals surface area contributed by atoms with Crippen LogP contribution in [0.5, 0.6) is 0 Å². The first kappa shape index (κ1) is 69.9. The van der Waals surface area contributed by atoms with Crippen molar-refractivity contribution in [1.82, 2.24) is 40.4 Å². The van der Waals surface area contributed by atoms with Gasteiger partial charge in [0.05, 0.1) is 5.60 Å². The number of rotatable bonds is 14. The zero-order valence-corrected chi connectivity index (χ0v) is 54.1. The molecule has 0 saturated carbocycles. The first-order chi connectivity index (χ1) is 40.4. The number of carbonyl (C=O) groups is 9. The minimum atomic E-state index is -1.99. The Labute approximate surface area is 514 Å². The third-order valence-corrected chi connectivity index (χ3v) is 17.4. The van der Waals surface area contributed by atoms with Crippen molar-refractivity contribution in [3.63, 3.8) is 0 Å². The molecule has 11 atom stereocenters. The third kappa shape index (κ3) is 17.0. The number of likely N-dealkylation sites (N-methyl/N-ethyl adjacent to an activating group) is 4. The zero-order chi connectivity index (χ0) is 64.2. The van der Waals surface area contributed by atoms with Crippen molar-refractivity contribution in [2.75, 3.05) is 34.7 Å². The second-order valence-electron chi connectivity index (χ2n) is 25.4. The Morgan fingerprint density at radius 3 is 1.71 bits per heavy atom. The molecule has 2 heterocycles. The molecule has 0 aromatic heterocycles. The van der Waals surface area contributed by atoms with E-state index in [0.717, 1.165) is 16.0 Å². The third-order valence-electron chi connectivity index (χ3n) is 17.1. The predicted molar refractivity (Wildman–Crippen MR) is 332 cm³/mol. The summed E-state index contributed by atoms with van der Waals surface area (Å²) in [5.74, 6) is -8.91. The lowest BCUT2D eigenvalue weighted by Gasteiger charge is -2.39. The molecule has 3 aromatic carbocycles. The molecule has 86 heavy (non-hydrogen) atoms. The molecule has 3 aromatic rings. The summed E-state index contributed by atoms with van der Waals surface area (Å²) in [6, 6.07) is 13.4. The van der Waals surface area contributed by atoms with E-state index in [9.17, 15) is 24.3 Å². The van der Waals surface area contributed by atoms with E-state index in [0.29, 0.717) is 35.4 Å². The van der Waals surface area contributed by atoms with Crippen LogP contribution in [0, 0.1) is 29.6 Å². The van der Waals surface area contributed by atoms with Crippen LogP contribution in [-0.2, 0) is 60.7 Å². The van der Waals surface area contributed by atoms with E-state index in [-0.39, 0.29) is 38.1 Å². The molecule has 2 aliphatic rings. The molecular weight excluding hydrogens is 1120 g/mol. The number of halogens is 1. The maximum Gasteiger partial charge on any atom is 0.332 e. The van der Waals surface area contributed by atoms with Gasteiger partial charge in [-0.3, -0.25) is 38.4 Å². The van der Waals surface area contributed by atoms with Gasteiger partial charge in [-0.1, -0.05) is 160 Å². The Morgan fingerprint density at radius 2 is 1.15 bits per heavy atom. The van der Waals surface area contributed by atoms with E-state index in [1.54, 1.807) is 78.8 Å². The van der Waals surface area contributed by atoms with Gasteiger partial charge in [-0.25, -0.2) is 4.79 Å². The van der Waals surface area contributed by atoms with Gasteiger partial charge in [0.2, 0.25) is 41.4 Å². The van der Waals surface area contributed by atoms with Crippen molar-refractivity contribution in [1.29, 1.82) is 0 Å². The molecule has 8 amide bonds. The molecule has 19 nitrogen and oxygen atoms in total. The van der Waals surface area contributed by atoms with E-state index in [4.69, 9.17) is 16.3 Å². The molecule has 2 saturated heterocycles. The van der Waals surface area contributed by atoms with Crippen molar-refractivity contribution in [3.8, 4) is 11.1 Å². The molecule has 472 valence electrons. The van der Waals surface area contributed by atoms with Gasteiger partial charge < -0.3 is 50.3 Å². The molecule has 20 heteroatoms. The topological polar surface area (TPSA) is 235 Å². The van der Waals surface area contributed by atoms with Crippen molar-refractivity contribution in [2.24, 2.45) is 29.6 Å². The first-order valence-corrected chi connectivity index (χ1v) is 30.8. The summed E-state index contributed by atoms with van der Waals surface area (Å²) >= 11 is 6.69. The number of amides is 8.